The number of ether oxygens (including phenoxy) is 2. The van der Waals surface area contributed by atoms with Gasteiger partial charge in [-0.05, 0) is 64.2 Å². The molecule has 0 aliphatic carbocycles. The molecule has 0 spiro atoms. The summed E-state index contributed by atoms with van der Waals surface area (Å²) in [5.74, 6) is -0.868. The molecule has 294 valence electrons. The van der Waals surface area contributed by atoms with E-state index in [9.17, 15) is 19.0 Å². The summed E-state index contributed by atoms with van der Waals surface area (Å²) in [6.45, 7) is 3.52. The molecule has 0 amide bonds. The Morgan fingerprint density at radius 1 is 0.627 bits per heavy atom. The smallest absolute Gasteiger partial charge is 0.462 e. The van der Waals surface area contributed by atoms with Crippen molar-refractivity contribution in [1.82, 2.24) is 0 Å². The normalized spacial score (nSPS) is 14.0. The summed E-state index contributed by atoms with van der Waals surface area (Å²) >= 11 is 0. The summed E-state index contributed by atoms with van der Waals surface area (Å²) in [7, 11) is -4.38. The van der Waals surface area contributed by atoms with Crippen LogP contribution in [0.25, 0.3) is 0 Å². The van der Waals surface area contributed by atoms with Gasteiger partial charge >= 0.3 is 19.8 Å². The van der Waals surface area contributed by atoms with E-state index in [1.54, 1.807) is 0 Å². The first-order valence-electron chi connectivity index (χ1n) is 19.8. The van der Waals surface area contributed by atoms with Crippen molar-refractivity contribution in [1.29, 1.82) is 0 Å². The van der Waals surface area contributed by atoms with Gasteiger partial charge in [-0.15, -0.1) is 0 Å². The maximum Gasteiger partial charge on any atom is 0.472 e. The summed E-state index contributed by atoms with van der Waals surface area (Å²) in [5.41, 5.74) is 5.33. The molecule has 0 aromatic rings. The number of phosphoric acid groups is 1. The third-order valence-corrected chi connectivity index (χ3v) is 8.93. The highest BCUT2D eigenvalue weighted by atomic mass is 31.2. The zero-order chi connectivity index (χ0) is 37.5. The zero-order valence-corrected chi connectivity index (χ0v) is 33.0. The Balaban J connectivity index is 4.23. The van der Waals surface area contributed by atoms with E-state index in [0.717, 1.165) is 77.0 Å². The number of hydrogen-bond donors (Lipinski definition) is 2. The number of unbranched alkanes of at least 4 members (excludes halogenated alkanes) is 15. The van der Waals surface area contributed by atoms with E-state index in [1.807, 2.05) is 18.2 Å². The Morgan fingerprint density at radius 2 is 1.16 bits per heavy atom. The van der Waals surface area contributed by atoms with Gasteiger partial charge in [-0.25, -0.2) is 4.57 Å². The minimum Gasteiger partial charge on any atom is -0.462 e. The second-order valence-corrected chi connectivity index (χ2v) is 14.3. The number of allylic oxidation sites excluding steroid dienone is 10. The monoisotopic (exact) mass is 737 g/mol. The molecule has 0 saturated carbocycles. The fourth-order valence-corrected chi connectivity index (χ4v) is 5.78. The first-order valence-corrected chi connectivity index (χ1v) is 21.3. The number of nitrogens with two attached hydrogens (primary N) is 1. The molecule has 0 aromatic carbocycles. The fraction of sp³-hybridized carbons (Fsp3) is 0.707. The van der Waals surface area contributed by atoms with Crippen molar-refractivity contribution in [2.75, 3.05) is 26.4 Å². The van der Waals surface area contributed by atoms with E-state index in [-0.39, 0.29) is 32.6 Å². The Labute approximate surface area is 310 Å². The maximum atomic E-state index is 12.5. The van der Waals surface area contributed by atoms with Crippen LogP contribution in [0.15, 0.2) is 60.8 Å². The molecule has 9 nitrogen and oxygen atoms in total. The molecule has 0 aromatic heterocycles. The molecule has 0 fully saturated rings. The largest absolute Gasteiger partial charge is 0.472 e. The number of esters is 2. The highest BCUT2D eigenvalue weighted by Gasteiger charge is 2.25. The van der Waals surface area contributed by atoms with Gasteiger partial charge in [0.25, 0.3) is 0 Å². The molecule has 3 N–H and O–H groups in total. The van der Waals surface area contributed by atoms with Gasteiger partial charge in [0.1, 0.15) is 6.61 Å². The van der Waals surface area contributed by atoms with Crippen LogP contribution in [0.4, 0.5) is 0 Å². The summed E-state index contributed by atoms with van der Waals surface area (Å²) in [5, 5.41) is 0. The number of carbonyl (C=O) groups excluding carboxylic acids is 2. The van der Waals surface area contributed by atoms with E-state index in [4.69, 9.17) is 24.3 Å². The Hall–Kier alpha value is -2.29. The van der Waals surface area contributed by atoms with Gasteiger partial charge in [-0.2, -0.15) is 0 Å². The second kappa shape index (κ2) is 37.5. The van der Waals surface area contributed by atoms with Gasteiger partial charge in [-0.3, -0.25) is 18.6 Å². The Morgan fingerprint density at radius 3 is 1.75 bits per heavy atom. The van der Waals surface area contributed by atoms with Crippen molar-refractivity contribution in [3.05, 3.63) is 60.8 Å². The van der Waals surface area contributed by atoms with Crippen LogP contribution in [0.3, 0.4) is 0 Å². The van der Waals surface area contributed by atoms with Gasteiger partial charge in [0, 0.05) is 19.4 Å². The lowest BCUT2D eigenvalue weighted by Gasteiger charge is -2.19. The number of hydrogen-bond acceptors (Lipinski definition) is 8. The molecular weight excluding hydrogens is 665 g/mol. The van der Waals surface area contributed by atoms with Crippen LogP contribution in [-0.2, 0) is 32.7 Å². The van der Waals surface area contributed by atoms with Crippen LogP contribution in [0.1, 0.15) is 155 Å². The molecule has 2 atom stereocenters. The summed E-state index contributed by atoms with van der Waals surface area (Å²) in [6, 6.07) is 0. The third kappa shape index (κ3) is 37.3. The molecular formula is C41H72NO8P. The second-order valence-electron chi connectivity index (χ2n) is 12.8. The van der Waals surface area contributed by atoms with E-state index in [0.29, 0.717) is 6.42 Å². The quantitative estimate of drug-likeness (QED) is 0.0212. The van der Waals surface area contributed by atoms with Gasteiger partial charge < -0.3 is 20.1 Å². The molecule has 0 bridgehead atoms. The molecule has 51 heavy (non-hydrogen) atoms. The summed E-state index contributed by atoms with van der Waals surface area (Å²) in [4.78, 5) is 34.7. The number of carbonyl (C=O) groups is 2. The van der Waals surface area contributed by atoms with E-state index in [2.05, 4.69) is 56.4 Å². The lowest BCUT2D eigenvalue weighted by molar-refractivity contribution is -0.161. The van der Waals surface area contributed by atoms with Crippen LogP contribution < -0.4 is 5.73 Å². The predicted molar refractivity (Wildman–Crippen MR) is 210 cm³/mol. The van der Waals surface area contributed by atoms with Crippen molar-refractivity contribution in [3.63, 3.8) is 0 Å². The van der Waals surface area contributed by atoms with Gasteiger partial charge in [0.15, 0.2) is 6.10 Å². The third-order valence-electron chi connectivity index (χ3n) is 7.95. The van der Waals surface area contributed by atoms with E-state index < -0.39 is 32.5 Å². The Bertz CT molecular complexity index is 1020. The first-order chi connectivity index (χ1) is 24.8. The molecule has 0 aliphatic rings. The average Bonchev–Trinajstić information content (AvgIpc) is 3.11. The van der Waals surface area contributed by atoms with Crippen LogP contribution in [0.2, 0.25) is 0 Å². The lowest BCUT2D eigenvalue weighted by Crippen LogP contribution is -2.29. The van der Waals surface area contributed by atoms with Crippen molar-refractivity contribution in [2.45, 2.75) is 161 Å². The zero-order valence-electron chi connectivity index (χ0n) is 32.1. The molecule has 2 unspecified atom stereocenters. The van der Waals surface area contributed by atoms with Gasteiger partial charge in [0.2, 0.25) is 0 Å². The standard InChI is InChI=1S/C41H72NO8P/c1-3-5-7-9-11-13-15-17-18-19-20-22-23-25-27-29-31-33-40(43)47-37-39(38-49-51(45,46)48-36-35-42)50-41(44)34-32-30-28-26-24-21-16-14-12-10-8-6-4-2/h6,8,10-14,16-18,39H,3-5,7,9,15,19-38,42H2,1-2H3,(H,45,46)/b8-6+,12-10+,13-11+,16-14+,18-17+. The van der Waals surface area contributed by atoms with Gasteiger partial charge in [0.05, 0.1) is 13.2 Å². The topological polar surface area (TPSA) is 134 Å². The lowest BCUT2D eigenvalue weighted by atomic mass is 10.1. The van der Waals surface area contributed by atoms with Crippen LogP contribution in [0, 0.1) is 0 Å². The van der Waals surface area contributed by atoms with Crippen LogP contribution >= 0.6 is 7.82 Å². The summed E-state index contributed by atoms with van der Waals surface area (Å²) in [6.07, 6.45) is 42.5. The first kappa shape index (κ1) is 48.7. The van der Waals surface area contributed by atoms with E-state index in [1.165, 1.54) is 44.9 Å². The average molecular weight is 738 g/mol. The molecule has 0 radical (unpaired) electrons. The minimum absolute atomic E-state index is 0.0457. The highest BCUT2D eigenvalue weighted by Crippen LogP contribution is 2.43. The molecule has 10 heteroatoms. The summed E-state index contributed by atoms with van der Waals surface area (Å²) < 4.78 is 32.6. The SMILES string of the molecule is CC/C=C/C=C/C=C/CCCCCCCC(=O)OC(COC(=O)CCCCCCCCC/C=C/C/C=C/CCCCC)COP(=O)(O)OCCN. The van der Waals surface area contributed by atoms with E-state index >= 15 is 0 Å². The van der Waals surface area contributed by atoms with Crippen molar-refractivity contribution in [2.24, 2.45) is 5.73 Å². The highest BCUT2D eigenvalue weighted by molar-refractivity contribution is 7.47. The fourth-order valence-electron chi connectivity index (χ4n) is 5.02. The van der Waals surface area contributed by atoms with Gasteiger partial charge in [-0.1, -0.05) is 139 Å². The maximum absolute atomic E-state index is 12.5. The molecule has 0 rings (SSSR count). The Kier molecular flexibility index (Phi) is 35.8. The number of phosphoric ester groups is 1. The minimum atomic E-state index is -4.38. The number of rotatable bonds is 36. The van der Waals surface area contributed by atoms with Crippen LogP contribution in [0.5, 0.6) is 0 Å². The van der Waals surface area contributed by atoms with Crippen molar-refractivity contribution >= 4 is 19.8 Å². The van der Waals surface area contributed by atoms with Crippen molar-refractivity contribution < 1.29 is 37.6 Å². The predicted octanol–water partition coefficient (Wildman–Crippen LogP) is 10.9. The van der Waals surface area contributed by atoms with Crippen LogP contribution in [-0.4, -0.2) is 49.3 Å². The molecule has 0 aliphatic heterocycles. The molecule has 0 saturated heterocycles. The molecule has 0 heterocycles. The van der Waals surface area contributed by atoms with Crippen molar-refractivity contribution in [3.8, 4) is 0 Å².